The maximum absolute atomic E-state index is 13.0. The second-order valence-electron chi connectivity index (χ2n) is 15.4. The van der Waals surface area contributed by atoms with Crippen molar-refractivity contribution in [3.63, 3.8) is 0 Å². The summed E-state index contributed by atoms with van der Waals surface area (Å²) in [5.41, 5.74) is 6.78. The van der Waals surface area contributed by atoms with Gasteiger partial charge in [0.1, 0.15) is 35.9 Å². The SMILES string of the molecule is CN(c1ncnc2c1C=CC2)C1CCC(CS(=O)Cc2ccc(F)cc2)CC1.CN(c1ncnc2c1C=CC2)C1CCC(CSCc2ccc(F)cc2)CC1. The highest BCUT2D eigenvalue weighted by Gasteiger charge is 2.29. The van der Waals surface area contributed by atoms with E-state index in [0.29, 0.717) is 23.8 Å². The highest BCUT2D eigenvalue weighted by molar-refractivity contribution is 7.98. The molecule has 11 heteroatoms. The van der Waals surface area contributed by atoms with Crippen LogP contribution in [0.2, 0.25) is 0 Å². The van der Waals surface area contributed by atoms with E-state index in [1.807, 2.05) is 23.9 Å². The average Bonchev–Trinajstić information content (AvgIpc) is 3.90. The monoisotopic (exact) mass is 782 g/mol. The molecule has 2 aromatic heterocycles. The Kier molecular flexibility index (Phi) is 13.4. The van der Waals surface area contributed by atoms with Crippen LogP contribution in [0.3, 0.4) is 0 Å². The maximum atomic E-state index is 13.0. The molecule has 1 unspecified atom stereocenters. The van der Waals surface area contributed by atoms with E-state index < -0.39 is 10.8 Å². The summed E-state index contributed by atoms with van der Waals surface area (Å²) in [5.74, 6) is 6.42. The van der Waals surface area contributed by atoms with Gasteiger partial charge in [0.15, 0.2) is 0 Å². The molecular formula is C44H52F2N6OS2. The molecule has 0 spiro atoms. The van der Waals surface area contributed by atoms with Gasteiger partial charge in [0.05, 0.1) is 11.4 Å². The van der Waals surface area contributed by atoms with E-state index >= 15 is 0 Å². The Labute approximate surface area is 331 Å². The van der Waals surface area contributed by atoms with E-state index in [0.717, 1.165) is 90.1 Å². The quantitative estimate of drug-likeness (QED) is 0.141. The summed E-state index contributed by atoms with van der Waals surface area (Å²) in [4.78, 5) is 22.6. The first-order chi connectivity index (χ1) is 26.8. The fourth-order valence-corrected chi connectivity index (χ4v) is 11.2. The van der Waals surface area contributed by atoms with Crippen LogP contribution in [0.15, 0.2) is 73.3 Å². The molecule has 1 atom stereocenters. The van der Waals surface area contributed by atoms with Crippen molar-refractivity contribution >= 4 is 46.3 Å². The van der Waals surface area contributed by atoms with Crippen LogP contribution >= 0.6 is 11.8 Å². The molecule has 0 saturated heterocycles. The van der Waals surface area contributed by atoms with Crippen LogP contribution in [-0.4, -0.2) is 61.8 Å². The fraction of sp³-hybridized carbons (Fsp3) is 0.455. The molecule has 0 N–H and O–H groups in total. The Morgan fingerprint density at radius 3 is 1.64 bits per heavy atom. The number of fused-ring (bicyclic) bond motifs is 2. The Balaban J connectivity index is 0.000000169. The molecule has 55 heavy (non-hydrogen) atoms. The number of thioether (sulfide) groups is 1. The predicted octanol–water partition coefficient (Wildman–Crippen LogP) is 9.24. The van der Waals surface area contributed by atoms with Crippen LogP contribution in [0, 0.1) is 23.5 Å². The van der Waals surface area contributed by atoms with Gasteiger partial charge in [0.25, 0.3) is 0 Å². The van der Waals surface area contributed by atoms with E-state index in [1.54, 1.807) is 36.9 Å². The molecular weight excluding hydrogens is 731 g/mol. The molecule has 2 saturated carbocycles. The van der Waals surface area contributed by atoms with Gasteiger partial charge in [-0.15, -0.1) is 0 Å². The molecule has 4 aliphatic carbocycles. The zero-order chi connectivity index (χ0) is 38.1. The number of rotatable bonds is 12. The van der Waals surface area contributed by atoms with Crippen molar-refractivity contribution in [2.24, 2.45) is 11.8 Å². The van der Waals surface area contributed by atoms with E-state index in [1.165, 1.54) is 54.7 Å². The molecule has 4 aliphatic rings. The van der Waals surface area contributed by atoms with Gasteiger partial charge in [0, 0.05) is 78.2 Å². The number of allylic oxidation sites excluding steroid dienone is 2. The lowest BCUT2D eigenvalue weighted by Crippen LogP contribution is -2.37. The molecule has 2 fully saturated rings. The van der Waals surface area contributed by atoms with E-state index in [2.05, 4.69) is 68.1 Å². The van der Waals surface area contributed by atoms with E-state index in [9.17, 15) is 13.0 Å². The number of benzene rings is 2. The molecule has 2 aromatic carbocycles. The summed E-state index contributed by atoms with van der Waals surface area (Å²) in [6.07, 6.45) is 23.2. The Morgan fingerprint density at radius 1 is 0.655 bits per heavy atom. The first-order valence-corrected chi connectivity index (χ1v) is 22.3. The van der Waals surface area contributed by atoms with Crippen molar-refractivity contribution < 1.29 is 13.0 Å². The second kappa shape index (κ2) is 18.8. The minimum atomic E-state index is -0.899. The van der Waals surface area contributed by atoms with E-state index in [-0.39, 0.29) is 11.6 Å². The topological polar surface area (TPSA) is 75.1 Å². The summed E-state index contributed by atoms with van der Waals surface area (Å²) in [5, 5.41) is 0. The third kappa shape index (κ3) is 10.3. The van der Waals surface area contributed by atoms with Crippen LogP contribution in [-0.2, 0) is 35.1 Å². The van der Waals surface area contributed by atoms with Crippen LogP contribution in [0.25, 0.3) is 12.2 Å². The third-order valence-corrected chi connectivity index (χ3v) is 14.4. The molecule has 0 bridgehead atoms. The number of hydrogen-bond acceptors (Lipinski definition) is 8. The van der Waals surface area contributed by atoms with Crippen molar-refractivity contribution in [3.8, 4) is 0 Å². The molecule has 0 aliphatic heterocycles. The van der Waals surface area contributed by atoms with Gasteiger partial charge in [-0.05, 0) is 104 Å². The van der Waals surface area contributed by atoms with Crippen LogP contribution in [0.5, 0.6) is 0 Å². The normalized spacial score (nSPS) is 21.7. The van der Waals surface area contributed by atoms with Crippen LogP contribution in [0.1, 0.15) is 85.0 Å². The first-order valence-electron chi connectivity index (χ1n) is 19.7. The Hall–Kier alpha value is -3.96. The zero-order valence-electron chi connectivity index (χ0n) is 32.0. The second-order valence-corrected chi connectivity index (χ2v) is 17.9. The van der Waals surface area contributed by atoms with Gasteiger partial charge < -0.3 is 9.80 Å². The van der Waals surface area contributed by atoms with Crippen molar-refractivity contribution in [2.45, 2.75) is 87.8 Å². The molecule has 290 valence electrons. The van der Waals surface area contributed by atoms with Gasteiger partial charge in [-0.2, -0.15) is 11.8 Å². The minimum absolute atomic E-state index is 0.156. The summed E-state index contributed by atoms with van der Waals surface area (Å²) in [6.45, 7) is 0. The van der Waals surface area contributed by atoms with Gasteiger partial charge in [-0.1, -0.05) is 48.6 Å². The highest BCUT2D eigenvalue weighted by Crippen LogP contribution is 2.35. The summed E-state index contributed by atoms with van der Waals surface area (Å²) in [7, 11) is 3.42. The summed E-state index contributed by atoms with van der Waals surface area (Å²) in [6, 6.07) is 14.3. The van der Waals surface area contributed by atoms with Crippen molar-refractivity contribution in [3.05, 3.63) is 119 Å². The predicted molar refractivity (Wildman–Crippen MR) is 224 cm³/mol. The van der Waals surface area contributed by atoms with Gasteiger partial charge in [-0.25, -0.2) is 28.7 Å². The van der Waals surface area contributed by atoms with Gasteiger partial charge >= 0.3 is 0 Å². The average molecular weight is 783 g/mol. The fourth-order valence-electron chi connectivity index (χ4n) is 8.40. The minimum Gasteiger partial charge on any atom is -0.356 e. The lowest BCUT2D eigenvalue weighted by atomic mass is 9.86. The highest BCUT2D eigenvalue weighted by atomic mass is 32.2. The zero-order valence-corrected chi connectivity index (χ0v) is 33.6. The lowest BCUT2D eigenvalue weighted by molar-refractivity contribution is 0.342. The smallest absolute Gasteiger partial charge is 0.139 e. The number of aromatic nitrogens is 4. The molecule has 0 radical (unpaired) electrons. The Bertz CT molecular complexity index is 1960. The summed E-state index contributed by atoms with van der Waals surface area (Å²) >= 11 is 1.98. The molecule has 8 rings (SSSR count). The molecule has 0 amide bonds. The molecule has 2 heterocycles. The van der Waals surface area contributed by atoms with E-state index in [4.69, 9.17) is 0 Å². The lowest BCUT2D eigenvalue weighted by Gasteiger charge is -2.36. The summed E-state index contributed by atoms with van der Waals surface area (Å²) < 4.78 is 38.5. The van der Waals surface area contributed by atoms with Crippen LogP contribution < -0.4 is 9.80 Å². The maximum Gasteiger partial charge on any atom is 0.139 e. The molecule has 4 aromatic rings. The van der Waals surface area contributed by atoms with Crippen molar-refractivity contribution in [2.75, 3.05) is 35.4 Å². The van der Waals surface area contributed by atoms with Crippen molar-refractivity contribution in [1.82, 2.24) is 19.9 Å². The number of anilines is 2. The largest absolute Gasteiger partial charge is 0.356 e. The first kappa shape index (κ1) is 39.3. The van der Waals surface area contributed by atoms with Crippen molar-refractivity contribution in [1.29, 1.82) is 0 Å². The Morgan fingerprint density at radius 2 is 1.13 bits per heavy atom. The molecule has 7 nitrogen and oxygen atoms in total. The van der Waals surface area contributed by atoms with Crippen LogP contribution in [0.4, 0.5) is 20.4 Å². The third-order valence-electron chi connectivity index (χ3n) is 11.7. The number of hydrogen-bond donors (Lipinski definition) is 0. The van der Waals surface area contributed by atoms with Gasteiger partial charge in [-0.3, -0.25) is 4.21 Å². The number of halogens is 2. The number of nitrogens with zero attached hydrogens (tertiary/aromatic N) is 6. The standard InChI is InChI=1S/C22H26FN3OS.C22H26FN3S/c1-26(22-20-3-2-4-21(20)24-15-25-22)19-11-7-17(8-12-19)14-28(27)13-16-5-9-18(23)10-6-16;1-26(22-20-3-2-4-21(20)24-15-25-22)19-11-7-17(8-12-19)14-27-13-16-5-9-18(23)10-6-16/h2-3,5-6,9-10,15,17,19H,4,7-8,11-14H2,1H3;2-3,5-6,9-10,15,17,19H,4,7-8,11-14H2,1H3. The van der Waals surface area contributed by atoms with Gasteiger partial charge in [0.2, 0.25) is 0 Å².